The Hall–Kier alpha value is -4.08. The zero-order valence-corrected chi connectivity index (χ0v) is 17.1. The Balaban J connectivity index is 1.57. The number of benzene rings is 3. The van der Waals surface area contributed by atoms with Crippen LogP contribution in [0.4, 0.5) is 5.69 Å². The number of nitrogens with one attached hydrogen (secondary N) is 2. The summed E-state index contributed by atoms with van der Waals surface area (Å²) in [6.45, 7) is -0.191. The molecule has 0 unspecified atom stereocenters. The van der Waals surface area contributed by atoms with E-state index < -0.39 is 0 Å². The Morgan fingerprint density at radius 3 is 2.68 bits per heavy atom. The van der Waals surface area contributed by atoms with Crippen molar-refractivity contribution >= 4 is 45.9 Å². The predicted molar refractivity (Wildman–Crippen MR) is 122 cm³/mol. The average Bonchev–Trinajstić information content (AvgIpc) is 3.21. The van der Waals surface area contributed by atoms with Gasteiger partial charge in [0.05, 0.1) is 16.6 Å². The molecule has 0 spiro atoms. The molecule has 1 aromatic heterocycles. The standard InChI is InChI=1S/C24H17ClN4O2/c25-18-10-11-22(31-15-23(30)27-19-6-2-1-3-7-19)16(13-18)12-17(14-26)24-28-20-8-4-5-9-21(20)29-24/h1-13H,15H2,(H,27,30)(H,28,29)/b17-12+. The summed E-state index contributed by atoms with van der Waals surface area (Å²) < 4.78 is 5.71. The van der Waals surface area contributed by atoms with Crippen LogP contribution < -0.4 is 10.1 Å². The number of hydrogen-bond acceptors (Lipinski definition) is 4. The SMILES string of the molecule is N#C/C(=C\c1cc(Cl)ccc1OCC(=O)Nc1ccccc1)c1nc2ccccc2[nH]1. The lowest BCUT2D eigenvalue weighted by Crippen LogP contribution is -2.20. The number of H-pyrrole nitrogens is 1. The summed E-state index contributed by atoms with van der Waals surface area (Å²) >= 11 is 6.15. The van der Waals surface area contributed by atoms with Crippen LogP contribution in [0, 0.1) is 11.3 Å². The number of anilines is 1. The largest absolute Gasteiger partial charge is 0.483 e. The van der Waals surface area contributed by atoms with Gasteiger partial charge in [-0.2, -0.15) is 5.26 Å². The van der Waals surface area contributed by atoms with E-state index in [0.717, 1.165) is 11.0 Å². The van der Waals surface area contributed by atoms with Gasteiger partial charge in [-0.3, -0.25) is 4.79 Å². The van der Waals surface area contributed by atoms with Crippen molar-refractivity contribution in [2.45, 2.75) is 0 Å². The maximum absolute atomic E-state index is 12.2. The Kier molecular flexibility index (Phi) is 5.97. The van der Waals surface area contributed by atoms with Crippen molar-refractivity contribution in [3.05, 3.63) is 89.2 Å². The van der Waals surface area contributed by atoms with E-state index in [1.54, 1.807) is 36.4 Å². The number of aromatic amines is 1. The van der Waals surface area contributed by atoms with E-state index in [2.05, 4.69) is 21.4 Å². The number of imidazole rings is 1. The number of ether oxygens (including phenoxy) is 1. The number of hydrogen-bond donors (Lipinski definition) is 2. The second-order valence-electron chi connectivity index (χ2n) is 6.66. The van der Waals surface area contributed by atoms with Gasteiger partial charge in [0.2, 0.25) is 0 Å². The molecule has 1 amide bonds. The molecule has 7 heteroatoms. The first-order chi connectivity index (χ1) is 15.1. The molecule has 152 valence electrons. The monoisotopic (exact) mass is 428 g/mol. The van der Waals surface area contributed by atoms with E-state index >= 15 is 0 Å². The van der Waals surface area contributed by atoms with Crippen molar-refractivity contribution < 1.29 is 9.53 Å². The molecule has 0 aliphatic rings. The van der Waals surface area contributed by atoms with Crippen LogP contribution in [0.3, 0.4) is 0 Å². The lowest BCUT2D eigenvalue weighted by molar-refractivity contribution is -0.118. The van der Waals surface area contributed by atoms with E-state index in [9.17, 15) is 10.1 Å². The topological polar surface area (TPSA) is 90.8 Å². The first-order valence-electron chi connectivity index (χ1n) is 9.46. The van der Waals surface area contributed by atoms with Crippen molar-refractivity contribution in [3.8, 4) is 11.8 Å². The average molecular weight is 429 g/mol. The number of carbonyl (C=O) groups excluding carboxylic acids is 1. The van der Waals surface area contributed by atoms with Crippen molar-refractivity contribution in [1.82, 2.24) is 9.97 Å². The first kappa shape index (κ1) is 20.2. The number of nitriles is 1. The summed E-state index contributed by atoms with van der Waals surface area (Å²) in [5.41, 5.74) is 3.16. The number of nitrogens with zero attached hydrogens (tertiary/aromatic N) is 2. The van der Waals surface area contributed by atoms with Crippen LogP contribution in [0.15, 0.2) is 72.8 Å². The van der Waals surface area contributed by atoms with E-state index in [0.29, 0.717) is 33.4 Å². The number of rotatable bonds is 6. The Morgan fingerprint density at radius 1 is 1.13 bits per heavy atom. The highest BCUT2D eigenvalue weighted by atomic mass is 35.5. The Labute approximate surface area is 183 Å². The fraction of sp³-hybridized carbons (Fsp3) is 0.0417. The van der Waals surface area contributed by atoms with Gasteiger partial charge in [-0.15, -0.1) is 0 Å². The third-order valence-corrected chi connectivity index (χ3v) is 4.69. The number of halogens is 1. The summed E-state index contributed by atoms with van der Waals surface area (Å²) in [6.07, 6.45) is 1.63. The Morgan fingerprint density at radius 2 is 1.90 bits per heavy atom. The van der Waals surface area contributed by atoms with Gasteiger partial charge in [0, 0.05) is 16.3 Å². The van der Waals surface area contributed by atoms with E-state index in [4.69, 9.17) is 16.3 Å². The molecule has 0 aliphatic heterocycles. The minimum atomic E-state index is -0.297. The van der Waals surface area contributed by atoms with E-state index in [-0.39, 0.29) is 12.5 Å². The highest BCUT2D eigenvalue weighted by Crippen LogP contribution is 2.28. The van der Waals surface area contributed by atoms with Crippen LogP contribution >= 0.6 is 11.6 Å². The van der Waals surface area contributed by atoms with Crippen LogP contribution in [0.5, 0.6) is 5.75 Å². The molecule has 2 N–H and O–H groups in total. The molecular weight excluding hydrogens is 412 g/mol. The molecule has 0 aliphatic carbocycles. The van der Waals surface area contributed by atoms with Gasteiger partial charge < -0.3 is 15.0 Å². The van der Waals surface area contributed by atoms with Gasteiger partial charge in [0.25, 0.3) is 5.91 Å². The minimum Gasteiger partial charge on any atom is -0.483 e. The third kappa shape index (κ3) is 4.92. The summed E-state index contributed by atoms with van der Waals surface area (Å²) in [4.78, 5) is 19.8. The summed E-state index contributed by atoms with van der Waals surface area (Å²) in [7, 11) is 0. The molecule has 4 rings (SSSR count). The molecule has 0 saturated heterocycles. The summed E-state index contributed by atoms with van der Waals surface area (Å²) in [5.74, 6) is 0.571. The van der Waals surface area contributed by atoms with Crippen molar-refractivity contribution in [2.75, 3.05) is 11.9 Å². The second-order valence-corrected chi connectivity index (χ2v) is 7.09. The Bertz CT molecular complexity index is 1270. The molecule has 3 aromatic carbocycles. The minimum absolute atomic E-state index is 0.191. The number of fused-ring (bicyclic) bond motifs is 1. The molecule has 0 atom stereocenters. The van der Waals surface area contributed by atoms with Gasteiger partial charge in [0.1, 0.15) is 17.6 Å². The third-order valence-electron chi connectivity index (χ3n) is 4.45. The molecule has 0 saturated carbocycles. The number of amides is 1. The number of aromatic nitrogens is 2. The normalized spacial score (nSPS) is 11.2. The van der Waals surface area contributed by atoms with Gasteiger partial charge in [-0.25, -0.2) is 4.98 Å². The predicted octanol–water partition coefficient (Wildman–Crippen LogP) is 5.30. The van der Waals surface area contributed by atoms with Gasteiger partial charge in [-0.05, 0) is 48.5 Å². The first-order valence-corrected chi connectivity index (χ1v) is 9.84. The van der Waals surface area contributed by atoms with Crippen LogP contribution in [0.1, 0.15) is 11.4 Å². The van der Waals surface area contributed by atoms with Crippen LogP contribution in [-0.4, -0.2) is 22.5 Å². The van der Waals surface area contributed by atoms with E-state index in [1.807, 2.05) is 42.5 Å². The molecular formula is C24H17ClN4O2. The van der Waals surface area contributed by atoms with Crippen LogP contribution in [-0.2, 0) is 4.79 Å². The lowest BCUT2D eigenvalue weighted by Gasteiger charge is -2.10. The quantitative estimate of drug-likeness (QED) is 0.408. The van der Waals surface area contributed by atoms with E-state index in [1.165, 1.54) is 0 Å². The van der Waals surface area contributed by atoms with Crippen molar-refractivity contribution in [3.63, 3.8) is 0 Å². The fourth-order valence-corrected chi connectivity index (χ4v) is 3.20. The molecule has 31 heavy (non-hydrogen) atoms. The zero-order valence-electron chi connectivity index (χ0n) is 16.3. The van der Waals surface area contributed by atoms with Crippen LogP contribution in [0.2, 0.25) is 5.02 Å². The fourth-order valence-electron chi connectivity index (χ4n) is 3.01. The highest BCUT2D eigenvalue weighted by Gasteiger charge is 2.12. The lowest BCUT2D eigenvalue weighted by atomic mass is 10.1. The summed E-state index contributed by atoms with van der Waals surface area (Å²) in [5, 5.41) is 12.9. The molecule has 4 aromatic rings. The maximum Gasteiger partial charge on any atom is 0.262 e. The van der Waals surface area contributed by atoms with Gasteiger partial charge in [-0.1, -0.05) is 41.9 Å². The highest BCUT2D eigenvalue weighted by molar-refractivity contribution is 6.30. The molecule has 0 bridgehead atoms. The smallest absolute Gasteiger partial charge is 0.262 e. The van der Waals surface area contributed by atoms with Crippen LogP contribution in [0.25, 0.3) is 22.7 Å². The number of carbonyl (C=O) groups is 1. The molecule has 1 heterocycles. The maximum atomic E-state index is 12.2. The van der Waals surface area contributed by atoms with Crippen molar-refractivity contribution in [1.29, 1.82) is 5.26 Å². The molecule has 0 radical (unpaired) electrons. The number of para-hydroxylation sites is 3. The van der Waals surface area contributed by atoms with Gasteiger partial charge >= 0.3 is 0 Å². The zero-order chi connectivity index (χ0) is 21.6. The molecule has 6 nitrogen and oxygen atoms in total. The summed E-state index contributed by atoms with van der Waals surface area (Å²) in [6, 6.07) is 23.8. The van der Waals surface area contributed by atoms with Crippen molar-refractivity contribution in [2.24, 2.45) is 0 Å². The second kappa shape index (κ2) is 9.16. The number of allylic oxidation sites excluding steroid dienone is 1. The molecule has 0 fully saturated rings. The van der Waals surface area contributed by atoms with Gasteiger partial charge in [0.15, 0.2) is 6.61 Å².